The van der Waals surface area contributed by atoms with E-state index in [1.54, 1.807) is 18.7 Å². The van der Waals surface area contributed by atoms with Gasteiger partial charge in [0.15, 0.2) is 0 Å². The molecule has 0 saturated heterocycles. The Kier molecular flexibility index (Phi) is 7.11. The number of para-hydroxylation sites is 2. The maximum Gasteiger partial charge on any atom is 0.322 e. The molecule has 0 aliphatic carbocycles. The van der Waals surface area contributed by atoms with Crippen molar-refractivity contribution < 1.29 is 19.1 Å². The monoisotopic (exact) mass is 410 g/mol. The molecule has 2 aromatic carbocycles. The van der Waals surface area contributed by atoms with E-state index in [0.717, 1.165) is 11.3 Å². The lowest BCUT2D eigenvalue weighted by Gasteiger charge is -2.26. The number of carbonyl (C=O) groups excluding carboxylic acids is 2. The van der Waals surface area contributed by atoms with Crippen LogP contribution in [0.4, 0.5) is 5.69 Å². The summed E-state index contributed by atoms with van der Waals surface area (Å²) >= 11 is 0. The summed E-state index contributed by atoms with van der Waals surface area (Å²) in [7, 11) is 0. The molecule has 3 rings (SSSR count). The van der Waals surface area contributed by atoms with E-state index in [0.29, 0.717) is 24.8 Å². The third-order valence-corrected chi connectivity index (χ3v) is 5.20. The first kappa shape index (κ1) is 21.8. The molecule has 6 nitrogen and oxygen atoms in total. The van der Waals surface area contributed by atoms with Crippen LogP contribution in [0.25, 0.3) is 0 Å². The first-order valence-corrected chi connectivity index (χ1v) is 10.5. The summed E-state index contributed by atoms with van der Waals surface area (Å²) in [4.78, 5) is 27.2. The van der Waals surface area contributed by atoms with Gasteiger partial charge in [0.25, 0.3) is 0 Å². The molecule has 6 heteroatoms. The number of rotatable bonds is 7. The summed E-state index contributed by atoms with van der Waals surface area (Å²) in [5.74, 6) is 0.579. The van der Waals surface area contributed by atoms with E-state index in [9.17, 15) is 9.59 Å². The van der Waals surface area contributed by atoms with Gasteiger partial charge < -0.3 is 14.4 Å². The molecule has 0 aromatic heterocycles. The van der Waals surface area contributed by atoms with Crippen molar-refractivity contribution in [1.29, 1.82) is 0 Å². The number of nitrogens with zero attached hydrogens (tertiary/aromatic N) is 1. The smallest absolute Gasteiger partial charge is 0.322 e. The van der Waals surface area contributed by atoms with Gasteiger partial charge in [-0.25, -0.2) is 0 Å². The zero-order chi connectivity index (χ0) is 21.7. The van der Waals surface area contributed by atoms with Crippen molar-refractivity contribution in [3.8, 4) is 5.75 Å². The number of benzene rings is 2. The average Bonchev–Trinajstić information content (AvgIpc) is 2.86. The van der Waals surface area contributed by atoms with E-state index in [2.05, 4.69) is 43.4 Å². The summed E-state index contributed by atoms with van der Waals surface area (Å²) in [5.41, 5.74) is 3.01. The van der Waals surface area contributed by atoms with E-state index < -0.39 is 12.1 Å². The highest BCUT2D eigenvalue weighted by atomic mass is 16.5. The Balaban J connectivity index is 1.85. The fourth-order valence-electron chi connectivity index (χ4n) is 3.46. The van der Waals surface area contributed by atoms with Crippen molar-refractivity contribution in [1.82, 2.24) is 5.32 Å². The SMILES string of the molecule is CCOC(=O)[C@H](C)N[C@H]1COc2ccccc2N(Cc2ccc(C(C)C)cc2)C1=O. The maximum atomic E-state index is 13.4. The van der Waals surface area contributed by atoms with Crippen molar-refractivity contribution in [2.45, 2.75) is 52.2 Å². The Bertz CT molecular complexity index is 879. The van der Waals surface area contributed by atoms with Gasteiger partial charge in [-0.2, -0.15) is 0 Å². The minimum Gasteiger partial charge on any atom is -0.489 e. The summed E-state index contributed by atoms with van der Waals surface area (Å²) in [6.45, 7) is 8.62. The van der Waals surface area contributed by atoms with Crippen molar-refractivity contribution in [3.05, 3.63) is 59.7 Å². The molecule has 0 bridgehead atoms. The van der Waals surface area contributed by atoms with Crippen LogP contribution in [0.1, 0.15) is 44.7 Å². The van der Waals surface area contributed by atoms with Crippen molar-refractivity contribution in [2.24, 2.45) is 0 Å². The van der Waals surface area contributed by atoms with Crippen molar-refractivity contribution in [2.75, 3.05) is 18.1 Å². The third kappa shape index (κ3) is 5.00. The maximum absolute atomic E-state index is 13.4. The molecule has 0 fully saturated rings. The van der Waals surface area contributed by atoms with Crippen LogP contribution in [0.2, 0.25) is 0 Å². The van der Waals surface area contributed by atoms with E-state index in [4.69, 9.17) is 9.47 Å². The molecule has 0 spiro atoms. The van der Waals surface area contributed by atoms with E-state index in [1.165, 1.54) is 5.56 Å². The van der Waals surface area contributed by atoms with Gasteiger partial charge >= 0.3 is 5.97 Å². The average molecular weight is 411 g/mol. The van der Waals surface area contributed by atoms with Gasteiger partial charge in [0, 0.05) is 0 Å². The first-order valence-electron chi connectivity index (χ1n) is 10.5. The minimum atomic E-state index is -0.660. The zero-order valence-electron chi connectivity index (χ0n) is 18.1. The summed E-state index contributed by atoms with van der Waals surface area (Å²) in [6, 6.07) is 14.5. The second-order valence-electron chi connectivity index (χ2n) is 7.79. The number of fused-ring (bicyclic) bond motifs is 1. The summed E-state index contributed by atoms with van der Waals surface area (Å²) < 4.78 is 11.0. The van der Waals surface area contributed by atoms with E-state index >= 15 is 0 Å². The van der Waals surface area contributed by atoms with E-state index in [1.807, 2.05) is 24.3 Å². The van der Waals surface area contributed by atoms with Crippen LogP contribution >= 0.6 is 0 Å². The number of amides is 1. The van der Waals surface area contributed by atoms with E-state index in [-0.39, 0.29) is 18.5 Å². The second-order valence-corrected chi connectivity index (χ2v) is 7.79. The standard InChI is InChI=1S/C24H30N2O4/c1-5-29-24(28)17(4)25-20-15-30-22-9-7-6-8-21(22)26(23(20)27)14-18-10-12-19(13-11-18)16(2)3/h6-13,16-17,20,25H,5,14-15H2,1-4H3/t17-,20-/m0/s1. The molecule has 1 aliphatic rings. The number of esters is 1. The van der Waals surface area contributed by atoms with Gasteiger partial charge in [-0.05, 0) is 43.0 Å². The van der Waals surface area contributed by atoms with Crippen LogP contribution in [0.15, 0.2) is 48.5 Å². The Morgan fingerprint density at radius 3 is 2.53 bits per heavy atom. The normalized spacial score (nSPS) is 17.2. The molecule has 0 radical (unpaired) electrons. The fourth-order valence-corrected chi connectivity index (χ4v) is 3.46. The molecule has 0 unspecified atom stereocenters. The highest BCUT2D eigenvalue weighted by Crippen LogP contribution is 2.32. The molecule has 160 valence electrons. The molecule has 1 aliphatic heterocycles. The molecule has 0 saturated carbocycles. The van der Waals surface area contributed by atoms with Crippen molar-refractivity contribution >= 4 is 17.6 Å². The topological polar surface area (TPSA) is 67.9 Å². The van der Waals surface area contributed by atoms with Crippen LogP contribution in [-0.2, 0) is 20.9 Å². The molecule has 1 heterocycles. The lowest BCUT2D eigenvalue weighted by Crippen LogP contribution is -2.53. The number of hydrogen-bond donors (Lipinski definition) is 1. The van der Waals surface area contributed by atoms with Gasteiger partial charge in [-0.1, -0.05) is 50.2 Å². The fraction of sp³-hybridized carbons (Fsp3) is 0.417. The lowest BCUT2D eigenvalue weighted by atomic mass is 10.0. The van der Waals surface area contributed by atoms with Crippen LogP contribution in [-0.4, -0.2) is 37.2 Å². The molecule has 1 N–H and O–H groups in total. The molecular weight excluding hydrogens is 380 g/mol. The number of carbonyl (C=O) groups is 2. The van der Waals surface area contributed by atoms with Crippen LogP contribution in [0.5, 0.6) is 5.75 Å². The van der Waals surface area contributed by atoms with Gasteiger partial charge in [0.05, 0.1) is 18.8 Å². The highest BCUT2D eigenvalue weighted by Gasteiger charge is 2.33. The van der Waals surface area contributed by atoms with Crippen molar-refractivity contribution in [3.63, 3.8) is 0 Å². The Hall–Kier alpha value is -2.86. The predicted molar refractivity (Wildman–Crippen MR) is 117 cm³/mol. The number of nitrogens with one attached hydrogen (secondary N) is 1. The number of anilines is 1. The molecule has 30 heavy (non-hydrogen) atoms. The second kappa shape index (κ2) is 9.76. The number of hydrogen-bond acceptors (Lipinski definition) is 5. The highest BCUT2D eigenvalue weighted by molar-refractivity contribution is 5.99. The lowest BCUT2D eigenvalue weighted by molar-refractivity contribution is -0.145. The van der Waals surface area contributed by atoms with Gasteiger partial charge in [-0.15, -0.1) is 0 Å². The summed E-state index contributed by atoms with van der Waals surface area (Å²) in [5, 5.41) is 3.08. The van der Waals surface area contributed by atoms with Crippen LogP contribution in [0, 0.1) is 0 Å². The Morgan fingerprint density at radius 1 is 1.17 bits per heavy atom. The minimum absolute atomic E-state index is 0.135. The quantitative estimate of drug-likeness (QED) is 0.706. The summed E-state index contributed by atoms with van der Waals surface area (Å²) in [6.07, 6.45) is 0. The van der Waals surface area contributed by atoms with Gasteiger partial charge in [0.2, 0.25) is 5.91 Å². The van der Waals surface area contributed by atoms with Crippen LogP contribution < -0.4 is 15.0 Å². The Morgan fingerprint density at radius 2 is 1.87 bits per heavy atom. The molecular formula is C24H30N2O4. The Labute approximate surface area is 178 Å². The molecule has 2 atom stereocenters. The van der Waals surface area contributed by atoms with Crippen LogP contribution in [0.3, 0.4) is 0 Å². The van der Waals surface area contributed by atoms with Gasteiger partial charge in [-0.3, -0.25) is 14.9 Å². The molecule has 2 aromatic rings. The zero-order valence-corrected chi connectivity index (χ0v) is 18.1. The molecule has 1 amide bonds. The number of ether oxygens (including phenoxy) is 2. The third-order valence-electron chi connectivity index (χ3n) is 5.20. The predicted octanol–water partition coefficient (Wildman–Crippen LogP) is 3.65. The van der Waals surface area contributed by atoms with Gasteiger partial charge in [0.1, 0.15) is 24.4 Å². The first-order chi connectivity index (χ1) is 14.4. The largest absolute Gasteiger partial charge is 0.489 e.